The quantitative estimate of drug-likeness (QED) is 0.400. The molecule has 5 rings (SSSR count). The molecule has 0 heterocycles. The van der Waals surface area contributed by atoms with E-state index in [0.29, 0.717) is 5.92 Å². The standard InChI is InChI=1S/C6H2/c1-2-3(1)6-4(1)5(2)6/h1,4H/i1D. The fraction of sp³-hybridized carbons (Fsp3) is 0.333. The molecule has 0 nitrogen and oxygen atoms in total. The van der Waals surface area contributed by atoms with Crippen LogP contribution in [-0.4, -0.2) is 0 Å². The zero-order valence-corrected chi connectivity index (χ0v) is 3.08. The summed E-state index contributed by atoms with van der Waals surface area (Å²) in [6.45, 7) is 0. The minimum atomic E-state index is -0.00926. The lowest BCUT2D eigenvalue weighted by molar-refractivity contribution is 0.655. The molecule has 0 amide bonds. The Hall–Kier alpha value is -0.520. The van der Waals surface area contributed by atoms with Crippen molar-refractivity contribution in [1.29, 1.82) is 0 Å². The molecule has 5 aliphatic rings. The molecule has 0 bridgehead atoms. The van der Waals surface area contributed by atoms with E-state index in [-0.39, 0.29) is 5.89 Å². The second kappa shape index (κ2) is 0.178. The Labute approximate surface area is 36.6 Å². The number of hydrogen-bond donors (Lipinski definition) is 0. The summed E-state index contributed by atoms with van der Waals surface area (Å²) < 4.78 is 7.50. The summed E-state index contributed by atoms with van der Waals surface area (Å²) in [5.41, 5.74) is 6.05. The lowest BCUT2D eigenvalue weighted by Crippen LogP contribution is -2.05. The van der Waals surface area contributed by atoms with Crippen LogP contribution in [-0.2, 0) is 0 Å². The summed E-state index contributed by atoms with van der Waals surface area (Å²) >= 11 is 0. The first kappa shape index (κ1) is 1.22. The minimum absolute atomic E-state index is 0.00926. The van der Waals surface area contributed by atoms with Crippen LogP contribution in [0.15, 0.2) is 22.3 Å². The summed E-state index contributed by atoms with van der Waals surface area (Å²) in [5, 5.41) is 0. The van der Waals surface area contributed by atoms with E-state index in [0.717, 1.165) is 0 Å². The molecule has 0 N–H and O–H groups in total. The van der Waals surface area contributed by atoms with E-state index in [2.05, 4.69) is 0 Å². The van der Waals surface area contributed by atoms with Gasteiger partial charge in [-0.15, -0.1) is 0 Å². The van der Waals surface area contributed by atoms with Crippen LogP contribution in [0.1, 0.15) is 1.37 Å². The Kier molecular flexibility index (Phi) is 0.0362. The maximum atomic E-state index is 7.50. The van der Waals surface area contributed by atoms with Gasteiger partial charge < -0.3 is 0 Å². The molecule has 0 atom stereocenters. The third-order valence-electron chi connectivity index (χ3n) is 2.34. The molecule has 0 spiro atoms. The number of allylic oxidation sites excluding steroid dienone is 4. The summed E-state index contributed by atoms with van der Waals surface area (Å²) in [5.74, 6) is 0.697. The molecule has 2 fully saturated rings. The molecule has 0 aliphatic heterocycles. The Morgan fingerprint density at radius 2 is 1.83 bits per heavy atom. The van der Waals surface area contributed by atoms with Crippen LogP contribution in [0, 0.1) is 11.8 Å². The summed E-state index contributed by atoms with van der Waals surface area (Å²) in [6, 6.07) is 0. The largest absolute Gasteiger partial charge is 0.0412 e. The molecule has 0 radical (unpaired) electrons. The van der Waals surface area contributed by atoms with E-state index >= 15 is 0 Å². The summed E-state index contributed by atoms with van der Waals surface area (Å²) in [7, 11) is 0. The smallest absolute Gasteiger partial charge is 0.0312 e. The maximum absolute atomic E-state index is 7.50. The molecule has 6 heavy (non-hydrogen) atoms. The molecular weight excluding hydrogens is 72.1 g/mol. The van der Waals surface area contributed by atoms with Gasteiger partial charge in [-0.05, 0) is 22.3 Å². The Balaban J connectivity index is 2.32. The minimum Gasteiger partial charge on any atom is -0.0312 e. The molecule has 0 aromatic rings. The van der Waals surface area contributed by atoms with E-state index in [1.54, 1.807) is 11.1 Å². The highest BCUT2D eigenvalue weighted by atomic mass is 14.8. The van der Waals surface area contributed by atoms with Crippen molar-refractivity contribution in [3.8, 4) is 0 Å². The van der Waals surface area contributed by atoms with Gasteiger partial charge in [0, 0.05) is 13.2 Å². The molecule has 0 aromatic carbocycles. The number of rotatable bonds is 0. The van der Waals surface area contributed by atoms with Gasteiger partial charge in [0.05, 0.1) is 0 Å². The molecular formula is C6H2. The maximum Gasteiger partial charge on any atom is 0.0412 e. The second-order valence-corrected chi connectivity index (χ2v) is 2.42. The summed E-state index contributed by atoms with van der Waals surface area (Å²) in [6.07, 6.45) is 0. The molecule has 0 saturated heterocycles. The SMILES string of the molecule is [2H]C12C3=C1C1=C3C12. The average molecular weight is 75.1 g/mol. The van der Waals surface area contributed by atoms with Crippen LogP contribution in [0.3, 0.4) is 0 Å². The summed E-state index contributed by atoms with van der Waals surface area (Å²) in [4.78, 5) is 0. The molecule has 5 aliphatic carbocycles. The Morgan fingerprint density at radius 1 is 1.17 bits per heavy atom. The van der Waals surface area contributed by atoms with E-state index in [1.165, 1.54) is 11.1 Å². The third kappa shape index (κ3) is 0.0216. The molecule has 2 saturated carbocycles. The van der Waals surface area contributed by atoms with Gasteiger partial charge in [0.15, 0.2) is 0 Å². The van der Waals surface area contributed by atoms with Crippen LogP contribution < -0.4 is 0 Å². The van der Waals surface area contributed by atoms with Crippen molar-refractivity contribution in [2.75, 3.05) is 0 Å². The van der Waals surface area contributed by atoms with Crippen LogP contribution in [0.2, 0.25) is 0 Å². The van der Waals surface area contributed by atoms with E-state index in [9.17, 15) is 0 Å². The molecule has 0 unspecified atom stereocenters. The highest BCUT2D eigenvalue weighted by Crippen LogP contribution is 2.91. The first-order chi connectivity index (χ1) is 3.37. The molecule has 0 aromatic heterocycles. The van der Waals surface area contributed by atoms with Crippen LogP contribution in [0.4, 0.5) is 0 Å². The molecule has 0 heteroatoms. The van der Waals surface area contributed by atoms with Crippen molar-refractivity contribution >= 4 is 0 Å². The Morgan fingerprint density at radius 3 is 2.00 bits per heavy atom. The third-order valence-corrected chi connectivity index (χ3v) is 2.34. The zero-order chi connectivity index (χ0) is 4.39. The normalized spacial score (nSPS) is 74.7. The lowest BCUT2D eigenvalue weighted by Gasteiger charge is -2.10. The van der Waals surface area contributed by atoms with Crippen molar-refractivity contribution < 1.29 is 1.37 Å². The first-order valence-corrected chi connectivity index (χ1v) is 2.37. The van der Waals surface area contributed by atoms with Gasteiger partial charge in [-0.25, -0.2) is 0 Å². The monoisotopic (exact) mass is 75.0 g/mol. The van der Waals surface area contributed by atoms with E-state index in [4.69, 9.17) is 1.37 Å². The predicted molar refractivity (Wildman–Crippen MR) is 21.0 cm³/mol. The van der Waals surface area contributed by atoms with Gasteiger partial charge in [-0.1, -0.05) is 0 Å². The van der Waals surface area contributed by atoms with E-state index in [1.807, 2.05) is 0 Å². The average Bonchev–Trinajstić information content (AvgIpc) is 2.05. The van der Waals surface area contributed by atoms with Gasteiger partial charge in [-0.2, -0.15) is 0 Å². The van der Waals surface area contributed by atoms with Gasteiger partial charge in [0.25, 0.3) is 0 Å². The van der Waals surface area contributed by atoms with Crippen molar-refractivity contribution in [2.24, 2.45) is 11.8 Å². The first-order valence-electron chi connectivity index (χ1n) is 2.87. The number of hydrogen-bond acceptors (Lipinski definition) is 0. The lowest BCUT2D eigenvalue weighted by atomic mass is 9.91. The van der Waals surface area contributed by atoms with Gasteiger partial charge >= 0.3 is 0 Å². The topological polar surface area (TPSA) is 0 Å². The van der Waals surface area contributed by atoms with E-state index < -0.39 is 0 Å². The van der Waals surface area contributed by atoms with Crippen molar-refractivity contribution in [1.82, 2.24) is 0 Å². The van der Waals surface area contributed by atoms with Crippen molar-refractivity contribution in [3.63, 3.8) is 0 Å². The molecule has 26 valence electrons. The zero-order valence-electron chi connectivity index (χ0n) is 4.08. The predicted octanol–water partition coefficient (Wildman–Crippen LogP) is 0.866. The fourth-order valence-electron chi connectivity index (χ4n) is 1.90. The van der Waals surface area contributed by atoms with Crippen LogP contribution >= 0.6 is 0 Å². The van der Waals surface area contributed by atoms with Crippen LogP contribution in [0.25, 0.3) is 0 Å². The fourth-order valence-corrected chi connectivity index (χ4v) is 1.90. The highest BCUT2D eigenvalue weighted by molar-refractivity contribution is 6.00. The van der Waals surface area contributed by atoms with Gasteiger partial charge in [0.2, 0.25) is 0 Å². The van der Waals surface area contributed by atoms with Gasteiger partial charge in [0.1, 0.15) is 0 Å². The van der Waals surface area contributed by atoms with Crippen molar-refractivity contribution in [2.45, 2.75) is 0 Å². The van der Waals surface area contributed by atoms with Gasteiger partial charge in [-0.3, -0.25) is 0 Å². The Bertz CT molecular complexity index is 269. The highest BCUT2D eigenvalue weighted by Gasteiger charge is 2.80. The second-order valence-electron chi connectivity index (χ2n) is 2.42. The van der Waals surface area contributed by atoms with Crippen molar-refractivity contribution in [3.05, 3.63) is 22.3 Å². The van der Waals surface area contributed by atoms with Crippen LogP contribution in [0.5, 0.6) is 0 Å².